The Morgan fingerprint density at radius 2 is 2.50 bits per heavy atom. The molecule has 1 aliphatic carbocycles. The second kappa shape index (κ2) is 3.58. The van der Waals surface area contributed by atoms with Crippen LogP contribution in [0.5, 0.6) is 0 Å². The molecule has 0 amide bonds. The molecule has 1 spiro atoms. The van der Waals surface area contributed by atoms with Gasteiger partial charge in [0, 0.05) is 31.6 Å². The lowest BCUT2D eigenvalue weighted by atomic mass is 9.76. The summed E-state index contributed by atoms with van der Waals surface area (Å²) in [5, 5.41) is 0. The number of carbonyl (C=O) groups is 1. The van der Waals surface area contributed by atoms with E-state index in [1.807, 2.05) is 6.92 Å². The third kappa shape index (κ3) is 1.20. The average Bonchev–Trinajstić information content (AvgIpc) is 2.96. The van der Waals surface area contributed by atoms with Crippen molar-refractivity contribution in [2.75, 3.05) is 13.2 Å². The highest BCUT2D eigenvalue weighted by Gasteiger charge is 2.64. The maximum atomic E-state index is 11.7. The standard InChI is InChI=1S/C14H19NO3/c1-2-17-11-6-9-7-13(16)18-14(9)8-10(11)15-5-3-4-12(14)15/h7,10-12H,2-6,8H2,1H3/t10-,11+,12-,14-/m0/s1. The van der Waals surface area contributed by atoms with E-state index in [9.17, 15) is 4.79 Å². The first-order chi connectivity index (χ1) is 8.74. The third-order valence-corrected chi connectivity index (χ3v) is 5.12. The molecule has 4 heteroatoms. The summed E-state index contributed by atoms with van der Waals surface area (Å²) in [5.41, 5.74) is 0.905. The van der Waals surface area contributed by atoms with E-state index in [1.54, 1.807) is 6.08 Å². The summed E-state index contributed by atoms with van der Waals surface area (Å²) in [6, 6.07) is 0.853. The minimum absolute atomic E-state index is 0.144. The Hall–Kier alpha value is -0.870. The van der Waals surface area contributed by atoms with E-state index >= 15 is 0 Å². The first-order valence-corrected chi connectivity index (χ1v) is 7.06. The SMILES string of the molecule is CCO[C@@H]1CC2=CC(=O)O[C@@]23C[C@@H]1N1CCC[C@H]13. The van der Waals surface area contributed by atoms with Gasteiger partial charge in [-0.15, -0.1) is 0 Å². The van der Waals surface area contributed by atoms with Crippen molar-refractivity contribution in [1.82, 2.24) is 4.90 Å². The monoisotopic (exact) mass is 249 g/mol. The Morgan fingerprint density at radius 1 is 1.61 bits per heavy atom. The molecule has 3 aliphatic heterocycles. The number of rotatable bonds is 2. The molecule has 1 saturated carbocycles. The Morgan fingerprint density at radius 3 is 3.33 bits per heavy atom. The summed E-state index contributed by atoms with van der Waals surface area (Å²) >= 11 is 0. The number of hydrogen-bond acceptors (Lipinski definition) is 4. The Balaban J connectivity index is 1.76. The molecule has 3 heterocycles. The van der Waals surface area contributed by atoms with Gasteiger partial charge in [0.2, 0.25) is 0 Å². The van der Waals surface area contributed by atoms with Crippen molar-refractivity contribution >= 4 is 5.97 Å². The average molecular weight is 249 g/mol. The first-order valence-electron chi connectivity index (χ1n) is 7.06. The number of ether oxygens (including phenoxy) is 2. The zero-order valence-corrected chi connectivity index (χ0v) is 10.7. The van der Waals surface area contributed by atoms with Gasteiger partial charge in [-0.25, -0.2) is 4.79 Å². The van der Waals surface area contributed by atoms with Gasteiger partial charge in [-0.05, 0) is 31.9 Å². The molecular weight excluding hydrogens is 230 g/mol. The highest BCUT2D eigenvalue weighted by atomic mass is 16.6. The molecule has 0 aromatic rings. The van der Waals surface area contributed by atoms with Crippen LogP contribution >= 0.6 is 0 Å². The van der Waals surface area contributed by atoms with Crippen molar-refractivity contribution in [1.29, 1.82) is 0 Å². The van der Waals surface area contributed by atoms with Gasteiger partial charge in [0.15, 0.2) is 5.60 Å². The number of fused-ring (bicyclic) bond motifs is 3. The van der Waals surface area contributed by atoms with Crippen LogP contribution in [0.2, 0.25) is 0 Å². The van der Waals surface area contributed by atoms with E-state index in [4.69, 9.17) is 9.47 Å². The molecule has 4 atom stereocenters. The minimum atomic E-state index is -0.286. The summed E-state index contributed by atoms with van der Waals surface area (Å²) in [6.45, 7) is 3.92. The lowest BCUT2D eigenvalue weighted by Gasteiger charge is -2.36. The van der Waals surface area contributed by atoms with Crippen LogP contribution in [0.25, 0.3) is 0 Å². The number of esters is 1. The van der Waals surface area contributed by atoms with Gasteiger partial charge in [0.05, 0.1) is 12.1 Å². The molecule has 0 unspecified atom stereocenters. The van der Waals surface area contributed by atoms with Gasteiger partial charge in [-0.3, -0.25) is 4.90 Å². The van der Waals surface area contributed by atoms with Crippen LogP contribution in [0.1, 0.15) is 32.6 Å². The molecule has 4 nitrogen and oxygen atoms in total. The summed E-state index contributed by atoms with van der Waals surface area (Å²) in [5.74, 6) is -0.144. The van der Waals surface area contributed by atoms with E-state index in [0.717, 1.165) is 32.4 Å². The summed E-state index contributed by atoms with van der Waals surface area (Å²) in [4.78, 5) is 14.2. The van der Waals surface area contributed by atoms with Crippen molar-refractivity contribution < 1.29 is 14.3 Å². The van der Waals surface area contributed by atoms with E-state index < -0.39 is 0 Å². The largest absolute Gasteiger partial charge is 0.450 e. The van der Waals surface area contributed by atoms with Gasteiger partial charge < -0.3 is 9.47 Å². The Bertz CT molecular complexity index is 433. The molecule has 0 radical (unpaired) electrons. The predicted octanol–water partition coefficient (Wildman–Crippen LogP) is 1.25. The Labute approximate surface area is 107 Å². The van der Waals surface area contributed by atoms with Crippen molar-refractivity contribution in [3.63, 3.8) is 0 Å². The molecule has 4 rings (SSSR count). The van der Waals surface area contributed by atoms with Crippen LogP contribution in [0.3, 0.4) is 0 Å². The highest BCUT2D eigenvalue weighted by Crippen LogP contribution is 2.54. The van der Waals surface area contributed by atoms with E-state index in [1.165, 1.54) is 12.0 Å². The van der Waals surface area contributed by atoms with E-state index in [2.05, 4.69) is 4.90 Å². The van der Waals surface area contributed by atoms with E-state index in [-0.39, 0.29) is 17.7 Å². The van der Waals surface area contributed by atoms with Gasteiger partial charge in [-0.1, -0.05) is 0 Å². The zero-order chi connectivity index (χ0) is 12.3. The lowest BCUT2D eigenvalue weighted by Crippen LogP contribution is -2.44. The van der Waals surface area contributed by atoms with Crippen molar-refractivity contribution in [3.05, 3.63) is 11.6 Å². The molecule has 4 aliphatic rings. The number of nitrogens with zero attached hydrogens (tertiary/aromatic N) is 1. The highest BCUT2D eigenvalue weighted by molar-refractivity contribution is 5.87. The van der Waals surface area contributed by atoms with Crippen LogP contribution in [0, 0.1) is 0 Å². The molecular formula is C14H19NO3. The third-order valence-electron chi connectivity index (χ3n) is 5.12. The smallest absolute Gasteiger partial charge is 0.331 e. The summed E-state index contributed by atoms with van der Waals surface area (Å²) in [7, 11) is 0. The van der Waals surface area contributed by atoms with Gasteiger partial charge in [0.25, 0.3) is 0 Å². The summed E-state index contributed by atoms with van der Waals surface area (Å²) < 4.78 is 11.7. The fourth-order valence-corrected chi connectivity index (χ4v) is 4.56. The fourth-order valence-electron chi connectivity index (χ4n) is 4.56. The number of hydrogen-bond donors (Lipinski definition) is 0. The summed E-state index contributed by atoms with van der Waals surface area (Å²) in [6.07, 6.45) is 6.15. The maximum Gasteiger partial charge on any atom is 0.331 e. The number of carbonyl (C=O) groups excluding carboxylic acids is 1. The Kier molecular flexibility index (Phi) is 2.19. The maximum absolute atomic E-state index is 11.7. The molecule has 2 bridgehead atoms. The topological polar surface area (TPSA) is 38.8 Å². The molecule has 0 aromatic heterocycles. The lowest BCUT2D eigenvalue weighted by molar-refractivity contribution is -0.148. The quantitative estimate of drug-likeness (QED) is 0.691. The first kappa shape index (κ1) is 11.0. The molecule has 98 valence electrons. The zero-order valence-electron chi connectivity index (χ0n) is 10.7. The molecule has 0 aromatic carbocycles. The van der Waals surface area contributed by atoms with E-state index in [0.29, 0.717) is 12.1 Å². The normalized spacial score (nSPS) is 45.7. The van der Waals surface area contributed by atoms with Gasteiger partial charge >= 0.3 is 5.97 Å². The molecule has 0 N–H and O–H groups in total. The van der Waals surface area contributed by atoms with Crippen molar-refractivity contribution in [3.8, 4) is 0 Å². The molecule has 18 heavy (non-hydrogen) atoms. The van der Waals surface area contributed by atoms with Crippen LogP contribution in [-0.2, 0) is 14.3 Å². The van der Waals surface area contributed by atoms with Gasteiger partial charge in [-0.2, -0.15) is 0 Å². The van der Waals surface area contributed by atoms with Crippen LogP contribution in [-0.4, -0.2) is 47.8 Å². The molecule has 3 fully saturated rings. The fraction of sp³-hybridized carbons (Fsp3) is 0.786. The van der Waals surface area contributed by atoms with Crippen LogP contribution < -0.4 is 0 Å². The second-order valence-corrected chi connectivity index (χ2v) is 5.85. The second-order valence-electron chi connectivity index (χ2n) is 5.85. The van der Waals surface area contributed by atoms with Crippen molar-refractivity contribution in [2.24, 2.45) is 0 Å². The van der Waals surface area contributed by atoms with Crippen LogP contribution in [0.15, 0.2) is 11.6 Å². The molecule has 2 saturated heterocycles. The minimum Gasteiger partial charge on any atom is -0.450 e. The van der Waals surface area contributed by atoms with Crippen molar-refractivity contribution in [2.45, 2.75) is 56.4 Å². The van der Waals surface area contributed by atoms with Gasteiger partial charge in [0.1, 0.15) is 0 Å². The van der Waals surface area contributed by atoms with Crippen LogP contribution in [0.4, 0.5) is 0 Å². The predicted molar refractivity (Wildman–Crippen MR) is 65.1 cm³/mol.